The Kier molecular flexibility index (Phi) is 7.18. The number of carbonyl (C=O) groups is 3. The lowest BCUT2D eigenvalue weighted by atomic mass is 9.74. The molecule has 9 nitrogen and oxygen atoms in total. The molecule has 3 heterocycles. The molecule has 1 saturated heterocycles. The van der Waals surface area contributed by atoms with Crippen LogP contribution in [0, 0.1) is 5.92 Å². The second kappa shape index (κ2) is 10.1. The van der Waals surface area contributed by atoms with E-state index in [1.807, 2.05) is 25.1 Å². The number of hydrogen-bond donors (Lipinski definition) is 4. The van der Waals surface area contributed by atoms with Crippen LogP contribution in [0.1, 0.15) is 49.9 Å². The number of thiophene rings is 1. The van der Waals surface area contributed by atoms with Gasteiger partial charge in [0, 0.05) is 24.9 Å². The van der Waals surface area contributed by atoms with Gasteiger partial charge in [0.15, 0.2) is 11.3 Å². The number of anilines is 1. The summed E-state index contributed by atoms with van der Waals surface area (Å²) in [7, 11) is 1.57. The van der Waals surface area contributed by atoms with E-state index in [1.54, 1.807) is 7.11 Å². The number of ether oxygens (including phenoxy) is 1. The lowest BCUT2D eigenvalue weighted by Crippen LogP contribution is -2.57. The number of piperidine rings is 1. The minimum absolute atomic E-state index is 0.214. The van der Waals surface area contributed by atoms with Crippen molar-refractivity contribution in [1.82, 2.24) is 16.0 Å². The van der Waals surface area contributed by atoms with E-state index in [0.29, 0.717) is 60.0 Å². The summed E-state index contributed by atoms with van der Waals surface area (Å²) in [5.41, 5.74) is -0.746. The van der Waals surface area contributed by atoms with E-state index in [0.717, 1.165) is 17.5 Å². The monoisotopic (exact) mass is 485 g/mol. The molecule has 3 amide bonds. The SMILES string of the molecule is CCCCC1=NC2(CCNCC2C(=O)c2c(NC(=O)NCC)sc3c(OC)cccc23)C(=O)N1. The lowest BCUT2D eigenvalue weighted by molar-refractivity contribution is -0.125. The number of unbranched alkanes of at least 4 members (excludes halogenated alkanes) is 1. The van der Waals surface area contributed by atoms with E-state index in [2.05, 4.69) is 28.2 Å². The zero-order valence-electron chi connectivity index (χ0n) is 19.7. The predicted molar refractivity (Wildman–Crippen MR) is 134 cm³/mol. The van der Waals surface area contributed by atoms with Gasteiger partial charge < -0.3 is 20.7 Å². The number of aliphatic imine (C=N–C) groups is 1. The molecule has 0 bridgehead atoms. The molecule has 2 aliphatic heterocycles. The normalized spacial score (nSPS) is 21.9. The van der Waals surface area contributed by atoms with E-state index in [4.69, 9.17) is 9.73 Å². The van der Waals surface area contributed by atoms with Gasteiger partial charge in [0.25, 0.3) is 5.91 Å². The fourth-order valence-electron chi connectivity index (χ4n) is 4.67. The van der Waals surface area contributed by atoms with E-state index >= 15 is 0 Å². The van der Waals surface area contributed by atoms with Crippen LogP contribution in [0.3, 0.4) is 0 Å². The molecule has 1 fully saturated rings. The number of methoxy groups -OCH3 is 1. The lowest BCUT2D eigenvalue weighted by Gasteiger charge is -2.36. The molecule has 0 aliphatic carbocycles. The first-order chi connectivity index (χ1) is 16.4. The minimum atomic E-state index is -1.14. The van der Waals surface area contributed by atoms with E-state index < -0.39 is 17.5 Å². The molecule has 34 heavy (non-hydrogen) atoms. The van der Waals surface area contributed by atoms with E-state index in [1.165, 1.54) is 11.3 Å². The van der Waals surface area contributed by atoms with Gasteiger partial charge in [-0.25, -0.2) is 4.79 Å². The summed E-state index contributed by atoms with van der Waals surface area (Å²) in [5.74, 6) is 0.154. The number of Topliss-reactive ketones (excluding diaryl/α,β-unsaturated/α-hetero) is 1. The molecule has 2 unspecified atom stereocenters. The molecule has 4 N–H and O–H groups in total. The molecule has 1 aromatic carbocycles. The second-order valence-corrected chi connectivity index (χ2v) is 9.56. The number of benzene rings is 1. The van der Waals surface area contributed by atoms with Gasteiger partial charge in [-0.05, 0) is 32.4 Å². The van der Waals surface area contributed by atoms with Crippen molar-refractivity contribution in [3.8, 4) is 5.75 Å². The summed E-state index contributed by atoms with van der Waals surface area (Å²) in [6.07, 6.45) is 3.03. The Morgan fingerprint density at radius 3 is 2.88 bits per heavy atom. The molecule has 2 atom stereocenters. The van der Waals surface area contributed by atoms with Gasteiger partial charge in [0.1, 0.15) is 16.6 Å². The first kappa shape index (κ1) is 24.2. The molecular weight excluding hydrogens is 454 g/mol. The maximum atomic E-state index is 14.2. The molecular formula is C24H31N5O4S. The Morgan fingerprint density at radius 1 is 1.32 bits per heavy atom. The highest BCUT2D eigenvalue weighted by molar-refractivity contribution is 7.24. The van der Waals surface area contributed by atoms with Gasteiger partial charge in [-0.1, -0.05) is 25.5 Å². The molecule has 182 valence electrons. The van der Waals surface area contributed by atoms with E-state index in [-0.39, 0.29) is 11.7 Å². The number of amidine groups is 1. The van der Waals surface area contributed by atoms with Crippen molar-refractivity contribution in [3.63, 3.8) is 0 Å². The van der Waals surface area contributed by atoms with Crippen LogP contribution in [0.5, 0.6) is 5.75 Å². The van der Waals surface area contributed by atoms with Gasteiger partial charge in [-0.2, -0.15) is 0 Å². The summed E-state index contributed by atoms with van der Waals surface area (Å²) in [4.78, 5) is 44.6. The quantitative estimate of drug-likeness (QED) is 0.428. The summed E-state index contributed by atoms with van der Waals surface area (Å²) in [6, 6.07) is 5.09. The molecule has 0 radical (unpaired) electrons. The third-order valence-corrected chi connectivity index (χ3v) is 7.52. The Hall–Kier alpha value is -2.98. The Bertz CT molecular complexity index is 1140. The maximum absolute atomic E-state index is 14.2. The summed E-state index contributed by atoms with van der Waals surface area (Å²) >= 11 is 1.29. The standard InChI is InChI=1S/C24H31N5O4S/c1-4-6-10-17-27-22(31)24(29-17)11-12-25-13-15(24)19(30)18-14-8-7-9-16(33-3)20(14)34-21(18)28-23(32)26-5-2/h7-9,15,25H,4-6,10-13H2,1-3H3,(H2,26,28,32)(H,27,29,31). The van der Waals surface area contributed by atoms with Crippen molar-refractivity contribution in [2.45, 2.75) is 45.1 Å². The van der Waals surface area contributed by atoms with Crippen LogP contribution >= 0.6 is 11.3 Å². The van der Waals surface area contributed by atoms with Crippen molar-refractivity contribution in [2.24, 2.45) is 10.9 Å². The largest absolute Gasteiger partial charge is 0.495 e. The van der Waals surface area contributed by atoms with Crippen LogP contribution in [0.4, 0.5) is 9.80 Å². The van der Waals surface area contributed by atoms with Crippen LogP contribution in [0.15, 0.2) is 23.2 Å². The third-order valence-electron chi connectivity index (χ3n) is 6.39. The number of rotatable bonds is 8. The average molecular weight is 486 g/mol. The first-order valence-electron chi connectivity index (χ1n) is 11.7. The minimum Gasteiger partial charge on any atom is -0.495 e. The molecule has 2 aliphatic rings. The summed E-state index contributed by atoms with van der Waals surface area (Å²) in [5, 5.41) is 12.9. The predicted octanol–water partition coefficient (Wildman–Crippen LogP) is 3.30. The zero-order valence-corrected chi connectivity index (χ0v) is 20.6. The average Bonchev–Trinajstić information content (AvgIpc) is 3.34. The molecule has 1 spiro atoms. The number of nitrogens with zero attached hydrogens (tertiary/aromatic N) is 1. The molecule has 0 saturated carbocycles. The highest BCUT2D eigenvalue weighted by Gasteiger charge is 2.54. The summed E-state index contributed by atoms with van der Waals surface area (Å²) < 4.78 is 6.27. The van der Waals surface area contributed by atoms with Crippen LogP contribution in [0.25, 0.3) is 10.1 Å². The van der Waals surface area contributed by atoms with Gasteiger partial charge in [0.05, 0.1) is 23.3 Å². The van der Waals surface area contributed by atoms with Crippen molar-refractivity contribution in [2.75, 3.05) is 32.1 Å². The summed E-state index contributed by atoms with van der Waals surface area (Å²) in [6.45, 7) is 5.30. The zero-order chi connectivity index (χ0) is 24.3. The van der Waals surface area contributed by atoms with Crippen LogP contribution in [-0.2, 0) is 4.79 Å². The Morgan fingerprint density at radius 2 is 2.15 bits per heavy atom. The van der Waals surface area contributed by atoms with Gasteiger partial charge in [-0.15, -0.1) is 11.3 Å². The number of fused-ring (bicyclic) bond motifs is 1. The van der Waals surface area contributed by atoms with Crippen molar-refractivity contribution in [1.29, 1.82) is 0 Å². The topological polar surface area (TPSA) is 121 Å². The van der Waals surface area contributed by atoms with Gasteiger partial charge >= 0.3 is 6.03 Å². The number of ketones is 1. The number of hydrogen-bond acceptors (Lipinski definition) is 7. The Balaban J connectivity index is 1.80. The third kappa shape index (κ3) is 4.27. The fourth-order valence-corrected chi connectivity index (χ4v) is 5.87. The maximum Gasteiger partial charge on any atom is 0.319 e. The van der Waals surface area contributed by atoms with Crippen LogP contribution in [0.2, 0.25) is 0 Å². The molecule has 1 aromatic heterocycles. The Labute approximate surface area is 202 Å². The highest BCUT2D eigenvalue weighted by Crippen LogP contribution is 2.44. The van der Waals surface area contributed by atoms with E-state index in [9.17, 15) is 14.4 Å². The second-order valence-electron chi connectivity index (χ2n) is 8.54. The molecule has 4 rings (SSSR count). The highest BCUT2D eigenvalue weighted by atomic mass is 32.1. The molecule has 10 heteroatoms. The van der Waals surface area contributed by atoms with Crippen molar-refractivity contribution < 1.29 is 19.1 Å². The van der Waals surface area contributed by atoms with Gasteiger partial charge in [0.2, 0.25) is 0 Å². The number of nitrogens with one attached hydrogen (secondary N) is 4. The van der Waals surface area contributed by atoms with Crippen LogP contribution in [-0.4, -0.2) is 55.8 Å². The van der Waals surface area contributed by atoms with Crippen molar-refractivity contribution >= 4 is 50.0 Å². The van der Waals surface area contributed by atoms with Crippen LogP contribution < -0.4 is 26.0 Å². The van der Waals surface area contributed by atoms with Gasteiger partial charge in [-0.3, -0.25) is 19.9 Å². The molecule has 2 aromatic rings. The fraction of sp³-hybridized carbons (Fsp3) is 0.500. The first-order valence-corrected chi connectivity index (χ1v) is 12.6. The van der Waals surface area contributed by atoms with Crippen molar-refractivity contribution in [3.05, 3.63) is 23.8 Å². The number of urea groups is 1. The number of carbonyl (C=O) groups excluding carboxylic acids is 3. The smallest absolute Gasteiger partial charge is 0.319 e. The number of amides is 3.